The van der Waals surface area contributed by atoms with Crippen molar-refractivity contribution in [3.63, 3.8) is 0 Å². The fraction of sp³-hybridized carbons (Fsp3) is 0.267. The van der Waals surface area contributed by atoms with Crippen molar-refractivity contribution in [2.45, 2.75) is 19.9 Å². The second-order valence-electron chi connectivity index (χ2n) is 5.07. The van der Waals surface area contributed by atoms with Gasteiger partial charge in [-0.3, -0.25) is 9.89 Å². The summed E-state index contributed by atoms with van der Waals surface area (Å²) < 4.78 is 0. The van der Waals surface area contributed by atoms with Crippen molar-refractivity contribution in [2.24, 2.45) is 5.92 Å². The molecule has 1 heterocycles. The molecule has 0 aliphatic rings. The largest absolute Gasteiger partial charge is 0.480 e. The topological polar surface area (TPSA) is 95.1 Å². The van der Waals surface area contributed by atoms with Crippen LogP contribution in [0.25, 0.3) is 11.3 Å². The molecule has 2 aromatic rings. The van der Waals surface area contributed by atoms with E-state index in [2.05, 4.69) is 15.5 Å². The lowest BCUT2D eigenvalue weighted by atomic mass is 10.0. The van der Waals surface area contributed by atoms with Gasteiger partial charge < -0.3 is 10.4 Å². The monoisotopic (exact) mass is 287 g/mol. The van der Waals surface area contributed by atoms with E-state index in [-0.39, 0.29) is 11.6 Å². The van der Waals surface area contributed by atoms with Crippen LogP contribution in [0.2, 0.25) is 0 Å². The first-order chi connectivity index (χ1) is 9.99. The molecule has 1 aromatic carbocycles. The number of aromatic nitrogens is 2. The molecule has 0 saturated heterocycles. The summed E-state index contributed by atoms with van der Waals surface area (Å²) in [6.45, 7) is 3.48. The SMILES string of the molecule is CC(C)C(NC(=O)c1cc(-c2ccccc2)n[nH]1)C(=O)O. The van der Waals surface area contributed by atoms with Crippen LogP contribution in [0.1, 0.15) is 24.3 Å². The first kappa shape index (κ1) is 14.8. The molecule has 1 unspecified atom stereocenters. The van der Waals surface area contributed by atoms with Crippen LogP contribution in [0.5, 0.6) is 0 Å². The van der Waals surface area contributed by atoms with Crippen molar-refractivity contribution in [1.82, 2.24) is 15.5 Å². The van der Waals surface area contributed by atoms with Crippen molar-refractivity contribution in [2.75, 3.05) is 0 Å². The van der Waals surface area contributed by atoms with Gasteiger partial charge in [0.2, 0.25) is 0 Å². The number of H-pyrrole nitrogens is 1. The highest BCUT2D eigenvalue weighted by molar-refractivity contribution is 5.95. The minimum Gasteiger partial charge on any atom is -0.480 e. The molecular formula is C15H17N3O3. The Morgan fingerprint density at radius 2 is 1.90 bits per heavy atom. The standard InChI is InChI=1S/C15H17N3O3/c1-9(2)13(15(20)21)16-14(19)12-8-11(17-18-12)10-6-4-3-5-7-10/h3-9,13H,1-2H3,(H,16,19)(H,17,18)(H,20,21). The highest BCUT2D eigenvalue weighted by atomic mass is 16.4. The number of carboxylic acid groups (broad SMARTS) is 1. The smallest absolute Gasteiger partial charge is 0.326 e. The molecule has 0 radical (unpaired) electrons. The molecule has 1 amide bonds. The molecule has 0 bridgehead atoms. The quantitative estimate of drug-likeness (QED) is 0.783. The number of hydrogen-bond acceptors (Lipinski definition) is 3. The van der Waals surface area contributed by atoms with Gasteiger partial charge in [-0.15, -0.1) is 0 Å². The fourth-order valence-corrected chi connectivity index (χ4v) is 1.93. The molecule has 0 saturated carbocycles. The van der Waals surface area contributed by atoms with E-state index >= 15 is 0 Å². The zero-order valence-electron chi connectivity index (χ0n) is 11.8. The number of hydrogen-bond donors (Lipinski definition) is 3. The van der Waals surface area contributed by atoms with Crippen molar-refractivity contribution < 1.29 is 14.7 Å². The van der Waals surface area contributed by atoms with Gasteiger partial charge in [0.1, 0.15) is 11.7 Å². The molecule has 21 heavy (non-hydrogen) atoms. The van der Waals surface area contributed by atoms with Crippen LogP contribution in [0.3, 0.4) is 0 Å². The summed E-state index contributed by atoms with van der Waals surface area (Å²) in [6, 6.07) is 10.1. The molecule has 110 valence electrons. The number of aliphatic carboxylic acids is 1. The normalized spacial score (nSPS) is 12.1. The molecule has 6 heteroatoms. The maximum atomic E-state index is 12.1. The van der Waals surface area contributed by atoms with Gasteiger partial charge in [-0.05, 0) is 12.0 Å². The Morgan fingerprint density at radius 1 is 1.24 bits per heavy atom. The summed E-state index contributed by atoms with van der Waals surface area (Å²) >= 11 is 0. The third kappa shape index (κ3) is 3.47. The second-order valence-corrected chi connectivity index (χ2v) is 5.07. The zero-order valence-corrected chi connectivity index (χ0v) is 11.8. The summed E-state index contributed by atoms with van der Waals surface area (Å²) in [7, 11) is 0. The summed E-state index contributed by atoms with van der Waals surface area (Å²) in [5.41, 5.74) is 1.75. The Labute approximate surface area is 122 Å². The molecule has 0 spiro atoms. The average Bonchev–Trinajstić information content (AvgIpc) is 2.94. The maximum absolute atomic E-state index is 12.1. The van der Waals surface area contributed by atoms with Crippen LogP contribution >= 0.6 is 0 Å². The number of benzene rings is 1. The minimum atomic E-state index is -1.05. The molecule has 0 aliphatic carbocycles. The highest BCUT2D eigenvalue weighted by Crippen LogP contribution is 2.17. The van der Waals surface area contributed by atoms with E-state index in [9.17, 15) is 9.59 Å². The van der Waals surface area contributed by atoms with Crippen LogP contribution in [0, 0.1) is 5.92 Å². The van der Waals surface area contributed by atoms with Crippen molar-refractivity contribution in [3.05, 3.63) is 42.1 Å². The minimum absolute atomic E-state index is 0.206. The lowest BCUT2D eigenvalue weighted by Gasteiger charge is -2.17. The molecule has 3 N–H and O–H groups in total. The van der Waals surface area contributed by atoms with E-state index in [4.69, 9.17) is 5.11 Å². The van der Waals surface area contributed by atoms with Gasteiger partial charge in [-0.2, -0.15) is 5.10 Å². The van der Waals surface area contributed by atoms with Crippen LogP contribution in [0.4, 0.5) is 0 Å². The molecule has 1 atom stereocenters. The third-order valence-corrected chi connectivity index (χ3v) is 3.11. The van der Waals surface area contributed by atoms with E-state index < -0.39 is 17.9 Å². The summed E-state index contributed by atoms with van der Waals surface area (Å²) in [4.78, 5) is 23.2. The van der Waals surface area contributed by atoms with E-state index in [1.165, 1.54) is 0 Å². The number of carbonyl (C=O) groups is 2. The first-order valence-corrected chi connectivity index (χ1v) is 6.63. The fourth-order valence-electron chi connectivity index (χ4n) is 1.93. The van der Waals surface area contributed by atoms with Gasteiger partial charge in [0, 0.05) is 5.56 Å². The number of carboxylic acids is 1. The number of nitrogens with one attached hydrogen (secondary N) is 2. The van der Waals surface area contributed by atoms with Crippen LogP contribution < -0.4 is 5.32 Å². The number of aromatic amines is 1. The van der Waals surface area contributed by atoms with Crippen LogP contribution in [-0.2, 0) is 4.79 Å². The van der Waals surface area contributed by atoms with Crippen molar-refractivity contribution >= 4 is 11.9 Å². The van der Waals surface area contributed by atoms with Crippen LogP contribution in [0.15, 0.2) is 36.4 Å². The summed E-state index contributed by atoms with van der Waals surface area (Å²) in [5.74, 6) is -1.74. The predicted molar refractivity (Wildman–Crippen MR) is 77.8 cm³/mol. The third-order valence-electron chi connectivity index (χ3n) is 3.11. The second kappa shape index (κ2) is 6.21. The Bertz CT molecular complexity index is 635. The van der Waals surface area contributed by atoms with Gasteiger partial charge in [0.05, 0.1) is 5.69 Å². The molecule has 0 fully saturated rings. The highest BCUT2D eigenvalue weighted by Gasteiger charge is 2.24. The Balaban J connectivity index is 2.14. The van der Waals surface area contributed by atoms with Gasteiger partial charge in [0.25, 0.3) is 5.91 Å². The number of carbonyl (C=O) groups excluding carboxylic acids is 1. The first-order valence-electron chi connectivity index (χ1n) is 6.63. The van der Waals surface area contributed by atoms with Crippen LogP contribution in [-0.4, -0.2) is 33.2 Å². The predicted octanol–water partition coefficient (Wildman–Crippen LogP) is 1.92. The molecule has 2 rings (SSSR count). The number of rotatable bonds is 5. The molecular weight excluding hydrogens is 270 g/mol. The Kier molecular flexibility index (Phi) is 4.37. The van der Waals surface area contributed by atoms with Gasteiger partial charge in [0.15, 0.2) is 0 Å². The zero-order chi connectivity index (χ0) is 15.4. The van der Waals surface area contributed by atoms with Gasteiger partial charge in [-0.25, -0.2) is 4.79 Å². The van der Waals surface area contributed by atoms with E-state index in [0.29, 0.717) is 5.69 Å². The van der Waals surface area contributed by atoms with E-state index in [1.807, 2.05) is 30.3 Å². The summed E-state index contributed by atoms with van der Waals surface area (Å²) in [6.07, 6.45) is 0. The number of nitrogens with zero attached hydrogens (tertiary/aromatic N) is 1. The van der Waals surface area contributed by atoms with Gasteiger partial charge >= 0.3 is 5.97 Å². The molecule has 1 aromatic heterocycles. The average molecular weight is 287 g/mol. The number of amides is 1. The maximum Gasteiger partial charge on any atom is 0.326 e. The van der Waals surface area contributed by atoms with E-state index in [1.54, 1.807) is 19.9 Å². The lowest BCUT2D eigenvalue weighted by molar-refractivity contribution is -0.140. The Hall–Kier alpha value is -2.63. The Morgan fingerprint density at radius 3 is 2.48 bits per heavy atom. The van der Waals surface area contributed by atoms with Crippen molar-refractivity contribution in [3.8, 4) is 11.3 Å². The molecule has 0 aliphatic heterocycles. The summed E-state index contributed by atoms with van der Waals surface area (Å²) in [5, 5.41) is 18.3. The van der Waals surface area contributed by atoms with Gasteiger partial charge in [-0.1, -0.05) is 44.2 Å². The molecule has 6 nitrogen and oxygen atoms in total. The van der Waals surface area contributed by atoms with E-state index in [0.717, 1.165) is 5.56 Å². The lowest BCUT2D eigenvalue weighted by Crippen LogP contribution is -2.44. The van der Waals surface area contributed by atoms with Crippen molar-refractivity contribution in [1.29, 1.82) is 0 Å².